The van der Waals surface area contributed by atoms with E-state index in [0.717, 1.165) is 0 Å². The standard InChI is InChI=1S/C24H28F6O9/c1-4-8-21(3,5-2)20(33)36-14-12-13(34-17(14)32)15-18(35-12)39-22(38-15)9-6-11(7-10-22)16(31)37-19(23(25,26)27)24(28,29)30/h4,8,11-15,18-19H,5-7,9-10H2,1-3H3/b8-4-. The summed E-state index contributed by atoms with van der Waals surface area (Å²) in [5.41, 5.74) is -0.974. The van der Waals surface area contributed by atoms with Crippen molar-refractivity contribution < 1.29 is 69.1 Å². The van der Waals surface area contributed by atoms with Gasteiger partial charge in [-0.1, -0.05) is 19.1 Å². The van der Waals surface area contributed by atoms with Crippen LogP contribution in [0, 0.1) is 11.3 Å². The molecule has 4 rings (SSSR count). The first-order valence-corrected chi connectivity index (χ1v) is 12.4. The van der Waals surface area contributed by atoms with Gasteiger partial charge in [-0.2, -0.15) is 26.3 Å². The number of ether oxygens (including phenoxy) is 6. The molecular weight excluding hydrogens is 546 g/mol. The van der Waals surface area contributed by atoms with Crippen LogP contribution in [0.1, 0.15) is 52.9 Å². The third-order valence-corrected chi connectivity index (χ3v) is 7.55. The fourth-order valence-electron chi connectivity index (χ4n) is 5.19. The summed E-state index contributed by atoms with van der Waals surface area (Å²) < 4.78 is 109. The number of esters is 3. The van der Waals surface area contributed by atoms with Crippen LogP contribution in [-0.2, 0) is 42.8 Å². The molecule has 0 radical (unpaired) electrons. The fraction of sp³-hybridized carbons (Fsp3) is 0.792. The summed E-state index contributed by atoms with van der Waals surface area (Å²) in [6.45, 7) is 5.19. The number of carbonyl (C=O) groups is 3. The average Bonchev–Trinajstić information content (AvgIpc) is 3.44. The molecule has 0 N–H and O–H groups in total. The van der Waals surface area contributed by atoms with Crippen molar-refractivity contribution in [1.82, 2.24) is 0 Å². The van der Waals surface area contributed by atoms with E-state index < -0.39 is 84.2 Å². The van der Waals surface area contributed by atoms with Crippen molar-refractivity contribution in [3.05, 3.63) is 12.2 Å². The molecule has 0 aromatic rings. The highest BCUT2D eigenvalue weighted by atomic mass is 19.4. The van der Waals surface area contributed by atoms with Crippen molar-refractivity contribution >= 4 is 17.9 Å². The topological polar surface area (TPSA) is 107 Å². The Bertz CT molecular complexity index is 989. The molecule has 1 aliphatic carbocycles. The molecule has 0 aromatic heterocycles. The van der Waals surface area contributed by atoms with Crippen molar-refractivity contribution in [3.8, 4) is 0 Å². The van der Waals surface area contributed by atoms with Gasteiger partial charge in [-0.05, 0) is 33.1 Å². The Balaban J connectivity index is 1.35. The molecule has 0 bridgehead atoms. The predicted octanol–water partition coefficient (Wildman–Crippen LogP) is 3.88. The molecule has 3 heterocycles. The monoisotopic (exact) mass is 574 g/mol. The van der Waals surface area contributed by atoms with Gasteiger partial charge in [-0.3, -0.25) is 9.59 Å². The first-order valence-electron chi connectivity index (χ1n) is 12.4. The minimum absolute atomic E-state index is 0.0617. The lowest BCUT2D eigenvalue weighted by atomic mass is 9.85. The molecule has 3 aliphatic heterocycles. The lowest BCUT2D eigenvalue weighted by Crippen LogP contribution is -2.47. The Kier molecular flexibility index (Phi) is 7.75. The van der Waals surface area contributed by atoms with Gasteiger partial charge in [0.2, 0.25) is 6.10 Å². The molecule has 6 unspecified atom stereocenters. The second kappa shape index (κ2) is 10.2. The number of rotatable bonds is 6. The smallest absolute Gasteiger partial charge is 0.434 e. The number of hydrogen-bond donors (Lipinski definition) is 0. The van der Waals surface area contributed by atoms with Crippen LogP contribution in [0.15, 0.2) is 12.2 Å². The van der Waals surface area contributed by atoms with Crippen LogP contribution in [0.2, 0.25) is 0 Å². The zero-order chi connectivity index (χ0) is 29.0. The molecule has 1 spiro atoms. The zero-order valence-electron chi connectivity index (χ0n) is 21.2. The van der Waals surface area contributed by atoms with Crippen molar-refractivity contribution in [2.45, 2.75) is 108 Å². The number of hydrogen-bond acceptors (Lipinski definition) is 9. The molecule has 9 nitrogen and oxygen atoms in total. The molecular formula is C24H28F6O9. The summed E-state index contributed by atoms with van der Waals surface area (Å²) in [6.07, 6.45) is -17.8. The Morgan fingerprint density at radius 3 is 2.21 bits per heavy atom. The van der Waals surface area contributed by atoms with E-state index in [1.54, 1.807) is 32.9 Å². The lowest BCUT2D eigenvalue weighted by Gasteiger charge is -2.36. The Morgan fingerprint density at radius 2 is 1.67 bits per heavy atom. The number of alkyl halides is 6. The normalized spacial score (nSPS) is 36.1. The van der Waals surface area contributed by atoms with Crippen LogP contribution < -0.4 is 0 Å². The minimum atomic E-state index is -5.81. The van der Waals surface area contributed by atoms with Gasteiger partial charge in [0.25, 0.3) is 6.10 Å². The minimum Gasteiger partial charge on any atom is -0.454 e. The second-order valence-corrected chi connectivity index (χ2v) is 10.3. The van der Waals surface area contributed by atoms with E-state index in [4.69, 9.17) is 23.7 Å². The van der Waals surface area contributed by atoms with E-state index in [1.165, 1.54) is 0 Å². The van der Waals surface area contributed by atoms with Crippen LogP contribution in [0.3, 0.4) is 0 Å². The van der Waals surface area contributed by atoms with E-state index in [1.807, 2.05) is 0 Å². The lowest BCUT2D eigenvalue weighted by molar-refractivity contribution is -0.315. The van der Waals surface area contributed by atoms with E-state index in [9.17, 15) is 40.7 Å². The Labute approximate surface area is 219 Å². The maximum atomic E-state index is 12.8. The molecule has 39 heavy (non-hydrogen) atoms. The average molecular weight is 574 g/mol. The van der Waals surface area contributed by atoms with E-state index in [-0.39, 0.29) is 25.7 Å². The van der Waals surface area contributed by atoms with Crippen LogP contribution in [0.5, 0.6) is 0 Å². The third-order valence-electron chi connectivity index (χ3n) is 7.55. The zero-order valence-corrected chi connectivity index (χ0v) is 21.2. The van der Waals surface area contributed by atoms with E-state index in [2.05, 4.69) is 4.74 Å². The van der Waals surface area contributed by atoms with Gasteiger partial charge in [-0.25, -0.2) is 4.79 Å². The quantitative estimate of drug-likeness (QED) is 0.202. The van der Waals surface area contributed by atoms with Crippen LogP contribution in [-0.4, -0.2) is 72.9 Å². The molecule has 4 fully saturated rings. The summed E-state index contributed by atoms with van der Waals surface area (Å²) in [5.74, 6) is -5.67. The molecule has 3 saturated heterocycles. The van der Waals surface area contributed by atoms with Crippen molar-refractivity contribution in [2.75, 3.05) is 0 Å². The fourth-order valence-corrected chi connectivity index (χ4v) is 5.19. The molecule has 6 atom stereocenters. The maximum absolute atomic E-state index is 12.8. The highest BCUT2D eigenvalue weighted by Gasteiger charge is 2.66. The Morgan fingerprint density at radius 1 is 1.05 bits per heavy atom. The van der Waals surface area contributed by atoms with Crippen molar-refractivity contribution in [2.24, 2.45) is 11.3 Å². The van der Waals surface area contributed by atoms with Gasteiger partial charge in [0.1, 0.15) is 6.10 Å². The summed E-state index contributed by atoms with van der Waals surface area (Å²) in [4.78, 5) is 37.4. The van der Waals surface area contributed by atoms with Crippen LogP contribution in [0.4, 0.5) is 26.3 Å². The summed E-state index contributed by atoms with van der Waals surface area (Å²) in [7, 11) is 0. The van der Waals surface area contributed by atoms with Crippen molar-refractivity contribution in [3.63, 3.8) is 0 Å². The highest BCUT2D eigenvalue weighted by molar-refractivity contribution is 5.85. The second-order valence-electron chi connectivity index (χ2n) is 10.3. The summed E-state index contributed by atoms with van der Waals surface area (Å²) in [5, 5.41) is 0. The largest absolute Gasteiger partial charge is 0.454 e. The summed E-state index contributed by atoms with van der Waals surface area (Å²) in [6, 6.07) is 0. The van der Waals surface area contributed by atoms with Gasteiger partial charge in [-0.15, -0.1) is 0 Å². The molecule has 0 amide bonds. The predicted molar refractivity (Wildman–Crippen MR) is 114 cm³/mol. The number of allylic oxidation sites excluding steroid dienone is 1. The molecule has 4 aliphatic rings. The van der Waals surface area contributed by atoms with Gasteiger partial charge >= 0.3 is 30.3 Å². The van der Waals surface area contributed by atoms with Crippen LogP contribution in [0.25, 0.3) is 0 Å². The SMILES string of the molecule is C/C=C\C(C)(CC)C(=O)OC1C(=O)OC2C3OC4(CCC(C(=O)OC(C(F)(F)F)C(F)(F)F)CC4)OC3OC12. The molecule has 220 valence electrons. The van der Waals surface area contributed by atoms with Crippen LogP contribution >= 0.6 is 0 Å². The van der Waals surface area contributed by atoms with E-state index >= 15 is 0 Å². The first kappa shape index (κ1) is 29.6. The van der Waals surface area contributed by atoms with E-state index in [0.29, 0.717) is 6.42 Å². The molecule has 15 heteroatoms. The van der Waals surface area contributed by atoms with Crippen molar-refractivity contribution in [1.29, 1.82) is 0 Å². The number of carbonyl (C=O) groups excluding carboxylic acids is 3. The Hall–Kier alpha value is -2.39. The highest BCUT2D eigenvalue weighted by Crippen LogP contribution is 2.49. The first-order chi connectivity index (χ1) is 18.0. The van der Waals surface area contributed by atoms with Gasteiger partial charge in [0.15, 0.2) is 24.3 Å². The summed E-state index contributed by atoms with van der Waals surface area (Å²) >= 11 is 0. The maximum Gasteiger partial charge on any atom is 0.434 e. The number of halogens is 6. The van der Waals surface area contributed by atoms with Gasteiger partial charge in [0, 0.05) is 12.8 Å². The third kappa shape index (κ3) is 5.62. The van der Waals surface area contributed by atoms with Gasteiger partial charge < -0.3 is 28.4 Å². The number of fused-ring (bicyclic) bond motifs is 3. The molecule has 0 aromatic carbocycles. The molecule has 1 saturated carbocycles. The van der Waals surface area contributed by atoms with Gasteiger partial charge in [0.05, 0.1) is 11.3 Å².